The lowest BCUT2D eigenvalue weighted by molar-refractivity contribution is 0.288. The number of H-pyrrole nitrogens is 1. The van der Waals surface area contributed by atoms with Crippen molar-refractivity contribution in [3.63, 3.8) is 0 Å². The van der Waals surface area contributed by atoms with Crippen LogP contribution in [-0.4, -0.2) is 53.2 Å². The smallest absolute Gasteiger partial charge is 0.281 e. The van der Waals surface area contributed by atoms with Gasteiger partial charge >= 0.3 is 0 Å². The zero-order chi connectivity index (χ0) is 14.2. The van der Waals surface area contributed by atoms with Crippen molar-refractivity contribution in [1.29, 1.82) is 0 Å². The van der Waals surface area contributed by atoms with E-state index in [4.69, 9.17) is 0 Å². The van der Waals surface area contributed by atoms with Crippen LogP contribution in [0.4, 0.5) is 0 Å². The van der Waals surface area contributed by atoms with Gasteiger partial charge in [0.25, 0.3) is 10.2 Å². The summed E-state index contributed by atoms with van der Waals surface area (Å²) < 4.78 is 28.5. The minimum absolute atomic E-state index is 0.190. The first-order valence-electron chi connectivity index (χ1n) is 7.34. The molecule has 0 radical (unpaired) electrons. The number of hydrogen-bond donors (Lipinski definition) is 1. The molecule has 0 aromatic carbocycles. The molecule has 0 aliphatic carbocycles. The minimum atomic E-state index is -3.27. The van der Waals surface area contributed by atoms with Crippen molar-refractivity contribution in [1.82, 2.24) is 18.6 Å². The van der Waals surface area contributed by atoms with Crippen LogP contribution < -0.4 is 0 Å². The van der Waals surface area contributed by atoms with E-state index in [0.717, 1.165) is 37.2 Å². The lowest BCUT2D eigenvalue weighted by atomic mass is 9.99. The third-order valence-electron chi connectivity index (χ3n) is 4.21. The van der Waals surface area contributed by atoms with Gasteiger partial charge in [-0.1, -0.05) is 0 Å². The van der Waals surface area contributed by atoms with E-state index in [0.29, 0.717) is 26.2 Å². The first-order chi connectivity index (χ1) is 9.57. The van der Waals surface area contributed by atoms with Crippen LogP contribution in [0.2, 0.25) is 0 Å². The SMILES string of the molecule is Cc1cnc([C@@H]2CCCN(S(=O)(=O)N3CCCC3)C2)[nH]1. The van der Waals surface area contributed by atoms with Crippen molar-refractivity contribution >= 4 is 10.2 Å². The topological polar surface area (TPSA) is 69.3 Å². The van der Waals surface area contributed by atoms with E-state index < -0.39 is 10.2 Å². The molecule has 2 aliphatic heterocycles. The molecule has 112 valence electrons. The maximum absolute atomic E-state index is 12.6. The van der Waals surface area contributed by atoms with Gasteiger partial charge in [0.15, 0.2) is 0 Å². The maximum Gasteiger partial charge on any atom is 0.281 e. The Labute approximate surface area is 120 Å². The van der Waals surface area contributed by atoms with E-state index in [9.17, 15) is 8.42 Å². The number of aromatic amines is 1. The summed E-state index contributed by atoms with van der Waals surface area (Å²) >= 11 is 0. The van der Waals surface area contributed by atoms with Crippen LogP contribution in [0.3, 0.4) is 0 Å². The van der Waals surface area contributed by atoms with Gasteiger partial charge in [0.05, 0.1) is 0 Å². The summed E-state index contributed by atoms with van der Waals surface area (Å²) in [6.45, 7) is 4.49. The normalized spacial score (nSPS) is 26.1. The molecule has 20 heavy (non-hydrogen) atoms. The summed E-state index contributed by atoms with van der Waals surface area (Å²) in [6.07, 6.45) is 5.67. The Balaban J connectivity index is 1.74. The summed E-state index contributed by atoms with van der Waals surface area (Å²) in [5.74, 6) is 1.11. The Morgan fingerprint density at radius 1 is 1.20 bits per heavy atom. The number of rotatable bonds is 3. The highest BCUT2D eigenvalue weighted by atomic mass is 32.2. The molecule has 1 N–H and O–H groups in total. The summed E-state index contributed by atoms with van der Waals surface area (Å²) in [6, 6.07) is 0. The maximum atomic E-state index is 12.6. The second-order valence-electron chi connectivity index (χ2n) is 5.76. The molecule has 1 aromatic rings. The van der Waals surface area contributed by atoms with E-state index in [1.807, 2.05) is 13.1 Å². The van der Waals surface area contributed by atoms with Crippen molar-refractivity contribution in [3.05, 3.63) is 17.7 Å². The third kappa shape index (κ3) is 2.62. The van der Waals surface area contributed by atoms with E-state index in [-0.39, 0.29) is 5.92 Å². The van der Waals surface area contributed by atoms with Gasteiger partial charge in [-0.15, -0.1) is 0 Å². The highest BCUT2D eigenvalue weighted by molar-refractivity contribution is 7.86. The molecular weight excluding hydrogens is 276 g/mol. The molecule has 0 spiro atoms. The van der Waals surface area contributed by atoms with Crippen LogP contribution in [-0.2, 0) is 10.2 Å². The van der Waals surface area contributed by atoms with Gasteiger partial charge in [-0.2, -0.15) is 17.0 Å². The molecular formula is C13H22N4O2S. The van der Waals surface area contributed by atoms with E-state index in [2.05, 4.69) is 9.97 Å². The number of hydrogen-bond acceptors (Lipinski definition) is 3. The zero-order valence-corrected chi connectivity index (χ0v) is 12.7. The predicted molar refractivity (Wildman–Crippen MR) is 76.6 cm³/mol. The van der Waals surface area contributed by atoms with Crippen molar-refractivity contribution in [3.8, 4) is 0 Å². The first-order valence-corrected chi connectivity index (χ1v) is 8.74. The zero-order valence-electron chi connectivity index (χ0n) is 11.9. The van der Waals surface area contributed by atoms with Gasteiger partial charge in [-0.05, 0) is 32.6 Å². The predicted octanol–water partition coefficient (Wildman–Crippen LogP) is 1.24. The van der Waals surface area contributed by atoms with Gasteiger partial charge in [-0.25, -0.2) is 4.98 Å². The molecule has 2 aliphatic rings. The first kappa shape index (κ1) is 14.0. The molecule has 0 saturated carbocycles. The second-order valence-corrected chi connectivity index (χ2v) is 7.69. The number of imidazole rings is 1. The van der Waals surface area contributed by atoms with Gasteiger partial charge in [0, 0.05) is 44.0 Å². The Morgan fingerprint density at radius 2 is 1.90 bits per heavy atom. The quantitative estimate of drug-likeness (QED) is 0.912. The summed E-state index contributed by atoms with van der Waals surface area (Å²) in [5, 5.41) is 0. The largest absolute Gasteiger partial charge is 0.346 e. The fourth-order valence-corrected chi connectivity index (χ4v) is 4.87. The number of piperidine rings is 1. The summed E-state index contributed by atoms with van der Waals surface area (Å²) in [7, 11) is -3.27. The number of aryl methyl sites for hydroxylation is 1. The molecule has 1 atom stereocenters. The van der Waals surface area contributed by atoms with Crippen LogP contribution >= 0.6 is 0 Å². The number of nitrogens with zero attached hydrogens (tertiary/aromatic N) is 3. The van der Waals surface area contributed by atoms with Crippen LogP contribution in [0.5, 0.6) is 0 Å². The minimum Gasteiger partial charge on any atom is -0.346 e. The van der Waals surface area contributed by atoms with Crippen LogP contribution in [0.25, 0.3) is 0 Å². The average Bonchev–Trinajstić information content (AvgIpc) is 3.10. The fraction of sp³-hybridized carbons (Fsp3) is 0.769. The van der Waals surface area contributed by atoms with Crippen molar-refractivity contribution in [2.75, 3.05) is 26.2 Å². The van der Waals surface area contributed by atoms with Crippen molar-refractivity contribution in [2.45, 2.75) is 38.5 Å². The Hall–Kier alpha value is -0.920. The van der Waals surface area contributed by atoms with E-state index in [1.54, 1.807) is 8.61 Å². The number of aromatic nitrogens is 2. The monoisotopic (exact) mass is 298 g/mol. The van der Waals surface area contributed by atoms with Gasteiger partial charge in [0.2, 0.25) is 0 Å². The molecule has 1 aromatic heterocycles. The van der Waals surface area contributed by atoms with E-state index in [1.165, 1.54) is 0 Å². The standard InChI is InChI=1S/C13H22N4O2S/c1-11-9-14-13(15-11)12-5-4-8-17(10-12)20(18,19)16-6-2-3-7-16/h9,12H,2-8,10H2,1H3,(H,14,15)/t12-/m1/s1. The van der Waals surface area contributed by atoms with Crippen molar-refractivity contribution in [2.24, 2.45) is 0 Å². The Bertz CT molecular complexity index is 563. The van der Waals surface area contributed by atoms with Gasteiger partial charge < -0.3 is 4.98 Å². The third-order valence-corrected chi connectivity index (χ3v) is 6.21. The van der Waals surface area contributed by atoms with Crippen LogP contribution in [0.15, 0.2) is 6.20 Å². The highest BCUT2D eigenvalue weighted by Gasteiger charge is 2.35. The lowest BCUT2D eigenvalue weighted by Crippen LogP contribution is -2.46. The molecule has 0 bridgehead atoms. The molecule has 3 heterocycles. The van der Waals surface area contributed by atoms with Gasteiger partial charge in [-0.3, -0.25) is 0 Å². The Morgan fingerprint density at radius 3 is 2.55 bits per heavy atom. The molecule has 0 unspecified atom stereocenters. The van der Waals surface area contributed by atoms with Crippen molar-refractivity contribution < 1.29 is 8.42 Å². The fourth-order valence-electron chi connectivity index (χ4n) is 3.10. The lowest BCUT2D eigenvalue weighted by Gasteiger charge is -2.33. The molecule has 6 nitrogen and oxygen atoms in total. The summed E-state index contributed by atoms with van der Waals surface area (Å²) in [5.41, 5.74) is 1.03. The van der Waals surface area contributed by atoms with Crippen LogP contribution in [0.1, 0.15) is 43.1 Å². The summed E-state index contributed by atoms with van der Waals surface area (Å²) in [4.78, 5) is 7.60. The molecule has 2 saturated heterocycles. The number of nitrogens with one attached hydrogen (secondary N) is 1. The average molecular weight is 298 g/mol. The second kappa shape index (κ2) is 5.46. The molecule has 2 fully saturated rings. The highest BCUT2D eigenvalue weighted by Crippen LogP contribution is 2.28. The molecule has 7 heteroatoms. The Kier molecular flexibility index (Phi) is 3.83. The molecule has 3 rings (SSSR count). The molecule has 0 amide bonds. The van der Waals surface area contributed by atoms with E-state index >= 15 is 0 Å². The van der Waals surface area contributed by atoms with Gasteiger partial charge in [0.1, 0.15) is 5.82 Å². The van der Waals surface area contributed by atoms with Crippen LogP contribution in [0, 0.1) is 6.92 Å².